The fourth-order valence-electron chi connectivity index (χ4n) is 1.66. The largest absolute Gasteiger partial charge is 0.497 e. The fourth-order valence-corrected chi connectivity index (χ4v) is 1.66. The maximum Gasteiger partial charge on any atom is 0.252 e. The number of ether oxygens (including phenoxy) is 2. The van der Waals surface area contributed by atoms with Crippen molar-refractivity contribution >= 4 is 5.91 Å². The van der Waals surface area contributed by atoms with Crippen molar-refractivity contribution < 1.29 is 14.3 Å². The van der Waals surface area contributed by atoms with Crippen LogP contribution in [0.25, 0.3) is 0 Å². The van der Waals surface area contributed by atoms with Gasteiger partial charge in [-0.25, -0.2) is 0 Å². The molecule has 0 aliphatic carbocycles. The number of hydrogen-bond acceptors (Lipinski definition) is 4. The van der Waals surface area contributed by atoms with Crippen LogP contribution >= 0.6 is 0 Å². The van der Waals surface area contributed by atoms with Crippen molar-refractivity contribution in [3.8, 4) is 23.3 Å². The van der Waals surface area contributed by atoms with Crippen LogP contribution in [-0.4, -0.2) is 31.2 Å². The van der Waals surface area contributed by atoms with Gasteiger partial charge in [-0.3, -0.25) is 9.78 Å². The summed E-state index contributed by atoms with van der Waals surface area (Å²) in [4.78, 5) is 15.8. The number of rotatable bonds is 5. The lowest BCUT2D eigenvalue weighted by Crippen LogP contribution is -2.23. The zero-order valence-electron chi connectivity index (χ0n) is 12.2. The van der Waals surface area contributed by atoms with Gasteiger partial charge in [-0.1, -0.05) is 17.9 Å². The van der Waals surface area contributed by atoms with Crippen LogP contribution in [-0.2, 0) is 0 Å². The number of aromatic nitrogens is 1. The second-order valence-electron chi connectivity index (χ2n) is 4.25. The minimum absolute atomic E-state index is 0.193. The highest BCUT2D eigenvalue weighted by Gasteiger charge is 2.04. The van der Waals surface area contributed by atoms with Crippen LogP contribution in [0.15, 0.2) is 48.8 Å². The van der Waals surface area contributed by atoms with E-state index < -0.39 is 0 Å². The van der Waals surface area contributed by atoms with E-state index in [1.807, 2.05) is 0 Å². The van der Waals surface area contributed by atoms with Gasteiger partial charge in [0, 0.05) is 11.8 Å². The van der Waals surface area contributed by atoms with Gasteiger partial charge in [0.2, 0.25) is 0 Å². The predicted octanol–water partition coefficient (Wildman–Crippen LogP) is 1.90. The van der Waals surface area contributed by atoms with Crippen LogP contribution in [0.5, 0.6) is 11.5 Å². The maximum atomic E-state index is 11.9. The minimum atomic E-state index is -0.193. The quantitative estimate of drug-likeness (QED) is 0.856. The van der Waals surface area contributed by atoms with Gasteiger partial charge in [-0.05, 0) is 30.3 Å². The van der Waals surface area contributed by atoms with E-state index in [9.17, 15) is 4.79 Å². The van der Waals surface area contributed by atoms with Gasteiger partial charge in [-0.15, -0.1) is 0 Å². The van der Waals surface area contributed by atoms with E-state index in [-0.39, 0.29) is 19.1 Å². The summed E-state index contributed by atoms with van der Waals surface area (Å²) in [6, 6.07) is 10.5. The Morgan fingerprint density at radius 2 is 2.09 bits per heavy atom. The molecule has 1 aromatic heterocycles. The van der Waals surface area contributed by atoms with Crippen LogP contribution in [0, 0.1) is 11.8 Å². The molecule has 112 valence electrons. The molecule has 1 aromatic carbocycles. The number of carbonyl (C=O) groups excluding carboxylic acids is 1. The van der Waals surface area contributed by atoms with Gasteiger partial charge in [0.15, 0.2) is 0 Å². The Labute approximate surface area is 129 Å². The maximum absolute atomic E-state index is 11.9. The van der Waals surface area contributed by atoms with Crippen LogP contribution in [0.4, 0.5) is 0 Å². The molecule has 5 nitrogen and oxygen atoms in total. The minimum Gasteiger partial charge on any atom is -0.497 e. The van der Waals surface area contributed by atoms with Gasteiger partial charge < -0.3 is 14.8 Å². The van der Waals surface area contributed by atoms with Crippen LogP contribution < -0.4 is 14.8 Å². The summed E-state index contributed by atoms with van der Waals surface area (Å²) in [5.41, 5.74) is 0.535. The van der Waals surface area contributed by atoms with E-state index in [4.69, 9.17) is 9.47 Å². The topological polar surface area (TPSA) is 60.5 Å². The smallest absolute Gasteiger partial charge is 0.252 e. The lowest BCUT2D eigenvalue weighted by Gasteiger charge is -2.04. The highest BCUT2D eigenvalue weighted by Crippen LogP contribution is 2.12. The summed E-state index contributed by atoms with van der Waals surface area (Å²) in [6.45, 7) is 0.507. The summed E-state index contributed by atoms with van der Waals surface area (Å²) in [7, 11) is 1.56. The Kier molecular flexibility index (Phi) is 5.82. The molecule has 22 heavy (non-hydrogen) atoms. The lowest BCUT2D eigenvalue weighted by atomic mass is 10.2. The van der Waals surface area contributed by atoms with E-state index >= 15 is 0 Å². The molecule has 1 N–H and O–H groups in total. The Morgan fingerprint density at radius 1 is 1.23 bits per heavy atom. The first-order chi connectivity index (χ1) is 10.8. The number of nitrogens with zero attached hydrogens (tertiary/aromatic N) is 1. The molecular formula is C17H16N2O3. The van der Waals surface area contributed by atoms with Crippen LogP contribution in [0.1, 0.15) is 10.4 Å². The molecule has 0 aliphatic rings. The second-order valence-corrected chi connectivity index (χ2v) is 4.25. The molecule has 0 saturated heterocycles. The van der Waals surface area contributed by atoms with E-state index in [0.29, 0.717) is 17.1 Å². The molecular weight excluding hydrogens is 280 g/mol. The molecule has 0 bridgehead atoms. The number of amides is 1. The van der Waals surface area contributed by atoms with Gasteiger partial charge >= 0.3 is 0 Å². The Bertz CT molecular complexity index is 675. The zero-order valence-corrected chi connectivity index (χ0v) is 12.2. The van der Waals surface area contributed by atoms with Crippen molar-refractivity contribution in [3.63, 3.8) is 0 Å². The fraction of sp³-hybridized carbons (Fsp3) is 0.176. The van der Waals surface area contributed by atoms with E-state index in [1.165, 1.54) is 0 Å². The van der Waals surface area contributed by atoms with Crippen molar-refractivity contribution in [2.45, 2.75) is 0 Å². The van der Waals surface area contributed by atoms with Gasteiger partial charge in [0.25, 0.3) is 5.91 Å². The number of pyridine rings is 1. The molecule has 0 unspecified atom stereocenters. The number of hydrogen-bond donors (Lipinski definition) is 1. The van der Waals surface area contributed by atoms with Crippen LogP contribution in [0.2, 0.25) is 0 Å². The first-order valence-corrected chi connectivity index (χ1v) is 6.70. The SMILES string of the molecule is COc1cccc(C(=O)NCC#CCOc2cccnc2)c1. The Hall–Kier alpha value is -3.00. The molecule has 5 heteroatoms. The molecule has 2 rings (SSSR count). The van der Waals surface area contributed by atoms with Crippen molar-refractivity contribution in [2.24, 2.45) is 0 Å². The number of methoxy groups -OCH3 is 1. The summed E-state index contributed by atoms with van der Waals surface area (Å²) < 4.78 is 10.4. The third kappa shape index (κ3) is 4.84. The average molecular weight is 296 g/mol. The third-order valence-electron chi connectivity index (χ3n) is 2.74. The normalized spacial score (nSPS) is 9.32. The van der Waals surface area contributed by atoms with E-state index in [1.54, 1.807) is 55.9 Å². The highest BCUT2D eigenvalue weighted by molar-refractivity contribution is 5.94. The molecule has 0 spiro atoms. The van der Waals surface area contributed by atoms with Gasteiger partial charge in [0.1, 0.15) is 18.1 Å². The number of nitrogens with one attached hydrogen (secondary N) is 1. The molecule has 0 aliphatic heterocycles. The van der Waals surface area contributed by atoms with Crippen molar-refractivity contribution in [1.29, 1.82) is 0 Å². The lowest BCUT2D eigenvalue weighted by molar-refractivity contribution is 0.0958. The molecule has 1 amide bonds. The van der Waals surface area contributed by atoms with Crippen molar-refractivity contribution in [2.75, 3.05) is 20.3 Å². The summed E-state index contributed by atoms with van der Waals surface area (Å²) in [5.74, 6) is 6.76. The molecule has 1 heterocycles. The predicted molar refractivity (Wildman–Crippen MR) is 82.8 cm³/mol. The molecule has 0 fully saturated rings. The third-order valence-corrected chi connectivity index (χ3v) is 2.74. The average Bonchev–Trinajstić information content (AvgIpc) is 2.58. The zero-order chi connectivity index (χ0) is 15.6. The van der Waals surface area contributed by atoms with E-state index in [0.717, 1.165) is 0 Å². The van der Waals surface area contributed by atoms with Gasteiger partial charge in [-0.2, -0.15) is 0 Å². The monoisotopic (exact) mass is 296 g/mol. The van der Waals surface area contributed by atoms with Crippen molar-refractivity contribution in [3.05, 3.63) is 54.4 Å². The van der Waals surface area contributed by atoms with Crippen molar-refractivity contribution in [1.82, 2.24) is 10.3 Å². The molecule has 2 aromatic rings. The summed E-state index contributed by atoms with van der Waals surface area (Å²) in [6.07, 6.45) is 3.29. The standard InChI is InChI=1S/C17H16N2O3/c1-21-15-7-4-6-14(12-15)17(20)19-10-2-3-11-22-16-8-5-9-18-13-16/h4-9,12-13H,10-11H2,1H3,(H,19,20). The van der Waals surface area contributed by atoms with E-state index in [2.05, 4.69) is 22.1 Å². The Morgan fingerprint density at radius 3 is 2.86 bits per heavy atom. The first-order valence-electron chi connectivity index (χ1n) is 6.70. The second kappa shape index (κ2) is 8.32. The molecule has 0 saturated carbocycles. The summed E-state index contributed by atoms with van der Waals surface area (Å²) in [5, 5.41) is 2.71. The number of carbonyl (C=O) groups is 1. The first kappa shape index (κ1) is 15.4. The van der Waals surface area contributed by atoms with Crippen LogP contribution in [0.3, 0.4) is 0 Å². The molecule has 0 radical (unpaired) electrons. The van der Waals surface area contributed by atoms with Gasteiger partial charge in [0.05, 0.1) is 19.9 Å². The Balaban J connectivity index is 1.74. The molecule has 0 atom stereocenters. The number of benzene rings is 1. The summed E-state index contributed by atoms with van der Waals surface area (Å²) >= 11 is 0. The highest BCUT2D eigenvalue weighted by atomic mass is 16.5.